The standard InChI is InChI=1S/C17H23N3O4/c1-6-12(17(21)19-16-8-11(3)24-20-16)18-13-9-15(23-5)14(22-4)7-10(13)2/h7-9,12,18H,6H2,1-5H3,(H,19,20,21)/t12-/m1/s1. The topological polar surface area (TPSA) is 85.6 Å². The van der Waals surface area contributed by atoms with Crippen LogP contribution in [0.1, 0.15) is 24.7 Å². The minimum absolute atomic E-state index is 0.181. The molecule has 0 spiro atoms. The minimum atomic E-state index is -0.418. The van der Waals surface area contributed by atoms with Gasteiger partial charge in [-0.2, -0.15) is 0 Å². The molecule has 0 saturated carbocycles. The first-order valence-corrected chi connectivity index (χ1v) is 7.71. The van der Waals surface area contributed by atoms with Crippen molar-refractivity contribution in [3.05, 3.63) is 29.5 Å². The SMILES string of the molecule is CC[C@@H](Nc1cc(OC)c(OC)cc1C)C(=O)Nc1cc(C)on1. The van der Waals surface area contributed by atoms with Crippen molar-refractivity contribution in [1.82, 2.24) is 5.16 Å². The molecule has 7 nitrogen and oxygen atoms in total. The minimum Gasteiger partial charge on any atom is -0.493 e. The molecule has 2 rings (SSSR count). The number of aryl methyl sites for hydroxylation is 2. The predicted molar refractivity (Wildman–Crippen MR) is 91.9 cm³/mol. The third-order valence-corrected chi connectivity index (χ3v) is 3.66. The number of rotatable bonds is 7. The maximum Gasteiger partial charge on any atom is 0.248 e. The van der Waals surface area contributed by atoms with E-state index in [4.69, 9.17) is 14.0 Å². The summed E-state index contributed by atoms with van der Waals surface area (Å²) in [5.74, 6) is 2.12. The molecule has 0 unspecified atom stereocenters. The first-order chi connectivity index (χ1) is 11.5. The number of nitrogens with one attached hydrogen (secondary N) is 2. The molecule has 0 aliphatic rings. The van der Waals surface area contributed by atoms with Crippen molar-refractivity contribution < 1.29 is 18.8 Å². The van der Waals surface area contributed by atoms with Gasteiger partial charge in [-0.1, -0.05) is 12.1 Å². The molecule has 2 N–H and O–H groups in total. The van der Waals surface area contributed by atoms with Crippen LogP contribution in [0.3, 0.4) is 0 Å². The number of carbonyl (C=O) groups excluding carboxylic acids is 1. The van der Waals surface area contributed by atoms with Crippen LogP contribution in [-0.2, 0) is 4.79 Å². The first kappa shape index (κ1) is 17.7. The van der Waals surface area contributed by atoms with E-state index in [2.05, 4.69) is 15.8 Å². The summed E-state index contributed by atoms with van der Waals surface area (Å²) in [5, 5.41) is 9.76. The van der Waals surface area contributed by atoms with Gasteiger partial charge in [0.05, 0.1) is 14.2 Å². The largest absolute Gasteiger partial charge is 0.493 e. The van der Waals surface area contributed by atoms with E-state index in [0.29, 0.717) is 29.5 Å². The number of hydrogen-bond acceptors (Lipinski definition) is 6. The summed E-state index contributed by atoms with van der Waals surface area (Å²) in [4.78, 5) is 12.4. The number of ether oxygens (including phenoxy) is 2. The summed E-state index contributed by atoms with van der Waals surface area (Å²) in [6.45, 7) is 5.64. The quantitative estimate of drug-likeness (QED) is 0.809. The monoisotopic (exact) mass is 333 g/mol. The Morgan fingerprint density at radius 1 is 1.21 bits per heavy atom. The van der Waals surface area contributed by atoms with E-state index >= 15 is 0 Å². The summed E-state index contributed by atoms with van der Waals surface area (Å²) in [5.41, 5.74) is 1.77. The smallest absolute Gasteiger partial charge is 0.248 e. The molecule has 7 heteroatoms. The highest BCUT2D eigenvalue weighted by molar-refractivity contribution is 5.96. The van der Waals surface area contributed by atoms with Crippen LogP contribution >= 0.6 is 0 Å². The molecule has 1 aromatic heterocycles. The molecule has 130 valence electrons. The van der Waals surface area contributed by atoms with Crippen LogP contribution < -0.4 is 20.1 Å². The van der Waals surface area contributed by atoms with Crippen LogP contribution in [-0.4, -0.2) is 31.3 Å². The Morgan fingerprint density at radius 2 is 1.88 bits per heavy atom. The number of hydrogen-bond donors (Lipinski definition) is 2. The number of benzene rings is 1. The summed E-state index contributed by atoms with van der Waals surface area (Å²) in [6, 6.07) is 4.95. The molecule has 0 saturated heterocycles. The Labute approximate surface area is 141 Å². The number of aromatic nitrogens is 1. The summed E-state index contributed by atoms with van der Waals surface area (Å²) in [7, 11) is 3.17. The van der Waals surface area contributed by atoms with E-state index in [1.54, 1.807) is 27.2 Å². The number of carbonyl (C=O) groups is 1. The Balaban J connectivity index is 2.16. The molecule has 0 radical (unpaired) electrons. The average molecular weight is 333 g/mol. The van der Waals surface area contributed by atoms with Crippen molar-refractivity contribution >= 4 is 17.4 Å². The van der Waals surface area contributed by atoms with Crippen molar-refractivity contribution in [2.75, 3.05) is 24.9 Å². The highest BCUT2D eigenvalue weighted by atomic mass is 16.5. The zero-order valence-electron chi connectivity index (χ0n) is 14.6. The normalized spacial score (nSPS) is 11.7. The Morgan fingerprint density at radius 3 is 2.42 bits per heavy atom. The van der Waals surface area contributed by atoms with Crippen LogP contribution in [0.5, 0.6) is 11.5 Å². The maximum absolute atomic E-state index is 12.4. The summed E-state index contributed by atoms with van der Waals surface area (Å²) in [6.07, 6.45) is 0.608. The van der Waals surface area contributed by atoms with E-state index < -0.39 is 6.04 Å². The maximum atomic E-state index is 12.4. The van der Waals surface area contributed by atoms with E-state index in [0.717, 1.165) is 11.3 Å². The molecule has 2 aromatic rings. The van der Waals surface area contributed by atoms with Crippen molar-refractivity contribution in [3.63, 3.8) is 0 Å². The predicted octanol–water partition coefficient (Wildman–Crippen LogP) is 3.14. The van der Waals surface area contributed by atoms with Gasteiger partial charge >= 0.3 is 0 Å². The Kier molecular flexibility index (Phi) is 5.68. The lowest BCUT2D eigenvalue weighted by Gasteiger charge is -2.20. The van der Waals surface area contributed by atoms with E-state index in [1.807, 2.05) is 26.0 Å². The molecule has 0 aliphatic heterocycles. The van der Waals surface area contributed by atoms with Gasteiger partial charge in [0.25, 0.3) is 0 Å². The van der Waals surface area contributed by atoms with Crippen molar-refractivity contribution in [1.29, 1.82) is 0 Å². The number of amides is 1. The number of nitrogens with zero attached hydrogens (tertiary/aromatic N) is 1. The van der Waals surface area contributed by atoms with Crippen LogP contribution in [0, 0.1) is 13.8 Å². The van der Waals surface area contributed by atoms with Gasteiger partial charge < -0.3 is 24.6 Å². The lowest BCUT2D eigenvalue weighted by Crippen LogP contribution is -2.34. The van der Waals surface area contributed by atoms with Gasteiger partial charge in [-0.15, -0.1) is 0 Å². The van der Waals surface area contributed by atoms with E-state index in [-0.39, 0.29) is 5.91 Å². The fraction of sp³-hybridized carbons (Fsp3) is 0.412. The second-order valence-electron chi connectivity index (χ2n) is 5.44. The Bertz CT molecular complexity index is 712. The van der Waals surface area contributed by atoms with Crippen molar-refractivity contribution in [2.45, 2.75) is 33.2 Å². The fourth-order valence-corrected chi connectivity index (χ4v) is 2.32. The van der Waals surface area contributed by atoms with Gasteiger partial charge in [0.2, 0.25) is 5.91 Å². The lowest BCUT2D eigenvalue weighted by molar-refractivity contribution is -0.117. The van der Waals surface area contributed by atoms with Crippen LogP contribution in [0.2, 0.25) is 0 Å². The molecular formula is C17H23N3O4. The lowest BCUT2D eigenvalue weighted by atomic mass is 10.1. The average Bonchev–Trinajstić information content (AvgIpc) is 2.97. The molecule has 1 atom stereocenters. The van der Waals surface area contributed by atoms with E-state index in [1.165, 1.54) is 0 Å². The number of methoxy groups -OCH3 is 2. The molecular weight excluding hydrogens is 310 g/mol. The number of anilines is 2. The van der Waals surface area contributed by atoms with E-state index in [9.17, 15) is 4.79 Å². The van der Waals surface area contributed by atoms with Crippen molar-refractivity contribution in [2.24, 2.45) is 0 Å². The third kappa shape index (κ3) is 3.98. The Hall–Kier alpha value is -2.70. The van der Waals surface area contributed by atoms with Crippen molar-refractivity contribution in [3.8, 4) is 11.5 Å². The second-order valence-corrected chi connectivity index (χ2v) is 5.44. The molecule has 0 fully saturated rings. The van der Waals surface area contributed by atoms with Gasteiger partial charge in [0.1, 0.15) is 11.8 Å². The zero-order chi connectivity index (χ0) is 17.7. The zero-order valence-corrected chi connectivity index (χ0v) is 14.6. The fourth-order valence-electron chi connectivity index (χ4n) is 2.32. The highest BCUT2D eigenvalue weighted by Crippen LogP contribution is 2.33. The molecule has 0 bridgehead atoms. The molecule has 1 aromatic carbocycles. The molecule has 0 aliphatic carbocycles. The van der Waals surface area contributed by atoms with Crippen LogP contribution in [0.25, 0.3) is 0 Å². The van der Waals surface area contributed by atoms with Gasteiger partial charge in [-0.25, -0.2) is 0 Å². The molecule has 24 heavy (non-hydrogen) atoms. The third-order valence-electron chi connectivity index (χ3n) is 3.66. The summed E-state index contributed by atoms with van der Waals surface area (Å²) < 4.78 is 15.6. The van der Waals surface area contributed by atoms with Gasteiger partial charge in [0.15, 0.2) is 17.3 Å². The second kappa shape index (κ2) is 7.72. The molecule has 1 heterocycles. The highest BCUT2D eigenvalue weighted by Gasteiger charge is 2.19. The van der Waals surface area contributed by atoms with Crippen LogP contribution in [0.15, 0.2) is 22.7 Å². The first-order valence-electron chi connectivity index (χ1n) is 7.71. The molecule has 1 amide bonds. The van der Waals surface area contributed by atoms with Gasteiger partial charge in [-0.05, 0) is 31.9 Å². The van der Waals surface area contributed by atoms with Gasteiger partial charge in [-0.3, -0.25) is 4.79 Å². The summed E-state index contributed by atoms with van der Waals surface area (Å²) >= 11 is 0. The van der Waals surface area contributed by atoms with Crippen LogP contribution in [0.4, 0.5) is 11.5 Å². The van der Waals surface area contributed by atoms with Gasteiger partial charge in [0, 0.05) is 17.8 Å².